The third-order valence-electron chi connectivity index (χ3n) is 2.91. The lowest BCUT2D eigenvalue weighted by molar-refractivity contribution is -0.305. The molecule has 2 aromatic rings. The summed E-state index contributed by atoms with van der Waals surface area (Å²) >= 11 is 0. The zero-order valence-corrected chi connectivity index (χ0v) is 10.7. The fourth-order valence-corrected chi connectivity index (χ4v) is 1.91. The average Bonchev–Trinajstić information content (AvgIpc) is 2.42. The zero-order valence-electron chi connectivity index (χ0n) is 10.7. The van der Waals surface area contributed by atoms with Crippen LogP contribution < -0.4 is 5.11 Å². The van der Waals surface area contributed by atoms with Crippen molar-refractivity contribution in [1.82, 2.24) is 4.98 Å². The van der Waals surface area contributed by atoms with Gasteiger partial charge in [-0.15, -0.1) is 0 Å². The molecule has 0 unspecified atom stereocenters. The first kappa shape index (κ1) is 13.3. The van der Waals surface area contributed by atoms with Crippen LogP contribution in [0, 0.1) is 0 Å². The molecule has 0 aliphatic carbocycles. The minimum atomic E-state index is -0.972. The Labute approximate surface area is 112 Å². The summed E-state index contributed by atoms with van der Waals surface area (Å²) in [7, 11) is 0. The molecule has 2 rings (SSSR count). The number of carboxylic acids is 1. The number of aromatic nitrogens is 1. The van der Waals surface area contributed by atoms with Crippen LogP contribution >= 0.6 is 0 Å². The molecule has 0 spiro atoms. The van der Waals surface area contributed by atoms with Crippen LogP contribution in [0.25, 0.3) is 17.0 Å². The van der Waals surface area contributed by atoms with Crippen LogP contribution in [-0.4, -0.2) is 11.0 Å². The number of carbonyl (C=O) groups excluding carboxylic acids is 1. The SMILES string of the molecule is O=C([O-])CCCC/C=C/c1ccc2ccccc2n1. The molecule has 3 heteroatoms. The molecule has 0 N–H and O–H groups in total. The van der Waals surface area contributed by atoms with Gasteiger partial charge in [-0.05, 0) is 43.9 Å². The molecular formula is C16H16NO2-. The Hall–Kier alpha value is -2.16. The molecule has 0 atom stereocenters. The lowest BCUT2D eigenvalue weighted by Crippen LogP contribution is -2.21. The van der Waals surface area contributed by atoms with Gasteiger partial charge < -0.3 is 9.90 Å². The molecule has 0 radical (unpaired) electrons. The molecule has 1 heterocycles. The minimum Gasteiger partial charge on any atom is -0.550 e. The van der Waals surface area contributed by atoms with Crippen molar-refractivity contribution in [2.24, 2.45) is 0 Å². The minimum absolute atomic E-state index is 0.141. The second kappa shape index (κ2) is 6.69. The highest BCUT2D eigenvalue weighted by atomic mass is 16.4. The first-order valence-corrected chi connectivity index (χ1v) is 6.48. The van der Waals surface area contributed by atoms with Crippen LogP contribution in [0.4, 0.5) is 0 Å². The number of benzene rings is 1. The number of pyridine rings is 1. The third-order valence-corrected chi connectivity index (χ3v) is 2.91. The Morgan fingerprint density at radius 2 is 2.00 bits per heavy atom. The summed E-state index contributed by atoms with van der Waals surface area (Å²) in [4.78, 5) is 14.8. The molecular weight excluding hydrogens is 238 g/mol. The van der Waals surface area contributed by atoms with E-state index in [2.05, 4.69) is 11.1 Å². The summed E-state index contributed by atoms with van der Waals surface area (Å²) in [5, 5.41) is 11.4. The third kappa shape index (κ3) is 4.21. The van der Waals surface area contributed by atoms with Gasteiger partial charge in [0.25, 0.3) is 0 Å². The Balaban J connectivity index is 1.88. The highest BCUT2D eigenvalue weighted by molar-refractivity contribution is 5.79. The lowest BCUT2D eigenvalue weighted by atomic mass is 10.1. The van der Waals surface area contributed by atoms with E-state index in [0.717, 1.165) is 29.4 Å². The normalized spacial score (nSPS) is 11.2. The van der Waals surface area contributed by atoms with Crippen molar-refractivity contribution in [1.29, 1.82) is 0 Å². The van der Waals surface area contributed by atoms with Crippen LogP contribution in [0.1, 0.15) is 31.4 Å². The van der Waals surface area contributed by atoms with Gasteiger partial charge in [-0.2, -0.15) is 0 Å². The molecule has 0 saturated carbocycles. The second-order valence-electron chi connectivity index (χ2n) is 4.45. The Bertz CT molecular complexity index is 590. The first-order chi connectivity index (χ1) is 9.25. The highest BCUT2D eigenvalue weighted by Crippen LogP contribution is 2.13. The lowest BCUT2D eigenvalue weighted by Gasteiger charge is -2.00. The Morgan fingerprint density at radius 3 is 2.84 bits per heavy atom. The summed E-state index contributed by atoms with van der Waals surface area (Å²) < 4.78 is 0. The summed E-state index contributed by atoms with van der Waals surface area (Å²) in [6, 6.07) is 12.0. The van der Waals surface area contributed by atoms with Gasteiger partial charge in [0.2, 0.25) is 0 Å². The van der Waals surface area contributed by atoms with E-state index in [9.17, 15) is 9.90 Å². The fourth-order valence-electron chi connectivity index (χ4n) is 1.91. The number of hydrogen-bond acceptors (Lipinski definition) is 3. The molecule has 0 fully saturated rings. The molecule has 1 aromatic heterocycles. The van der Waals surface area contributed by atoms with Crippen LogP contribution in [0.5, 0.6) is 0 Å². The van der Waals surface area contributed by atoms with Gasteiger partial charge in [0.05, 0.1) is 11.2 Å². The molecule has 0 amide bonds. The quantitative estimate of drug-likeness (QED) is 0.744. The summed E-state index contributed by atoms with van der Waals surface area (Å²) in [5.74, 6) is -0.972. The zero-order chi connectivity index (χ0) is 13.5. The van der Waals surface area contributed by atoms with Crippen molar-refractivity contribution < 1.29 is 9.90 Å². The molecule has 1 aromatic carbocycles. The molecule has 0 saturated heterocycles. The van der Waals surface area contributed by atoms with E-state index in [4.69, 9.17) is 0 Å². The predicted molar refractivity (Wildman–Crippen MR) is 74.3 cm³/mol. The fraction of sp³-hybridized carbons (Fsp3) is 0.250. The van der Waals surface area contributed by atoms with Crippen molar-refractivity contribution in [2.75, 3.05) is 0 Å². The average molecular weight is 254 g/mol. The van der Waals surface area contributed by atoms with Gasteiger partial charge >= 0.3 is 0 Å². The predicted octanol–water partition coefficient (Wildman–Crippen LogP) is 2.56. The number of unbranched alkanes of at least 4 members (excludes halogenated alkanes) is 2. The van der Waals surface area contributed by atoms with Crippen LogP contribution in [0.2, 0.25) is 0 Å². The summed E-state index contributed by atoms with van der Waals surface area (Å²) in [5.41, 5.74) is 1.92. The van der Waals surface area contributed by atoms with E-state index in [1.807, 2.05) is 42.5 Å². The highest BCUT2D eigenvalue weighted by Gasteiger charge is 1.94. The number of hydrogen-bond donors (Lipinski definition) is 0. The molecule has 0 bridgehead atoms. The van der Waals surface area contributed by atoms with E-state index in [0.29, 0.717) is 6.42 Å². The maximum Gasteiger partial charge on any atom is 0.0709 e. The largest absolute Gasteiger partial charge is 0.550 e. The number of allylic oxidation sites excluding steroid dienone is 1. The van der Waals surface area contributed by atoms with Crippen LogP contribution in [0.3, 0.4) is 0 Å². The van der Waals surface area contributed by atoms with Gasteiger partial charge in [0.15, 0.2) is 0 Å². The summed E-state index contributed by atoms with van der Waals surface area (Å²) in [6.45, 7) is 0. The van der Waals surface area contributed by atoms with E-state index < -0.39 is 5.97 Å². The van der Waals surface area contributed by atoms with Crippen LogP contribution in [0.15, 0.2) is 42.5 Å². The van der Waals surface area contributed by atoms with Gasteiger partial charge in [0, 0.05) is 11.4 Å². The number of nitrogens with zero attached hydrogens (tertiary/aromatic N) is 1. The van der Waals surface area contributed by atoms with Crippen LogP contribution in [-0.2, 0) is 4.79 Å². The number of carboxylic acid groups (broad SMARTS) is 1. The number of para-hydroxylation sites is 1. The van der Waals surface area contributed by atoms with E-state index in [1.165, 1.54) is 0 Å². The summed E-state index contributed by atoms with van der Waals surface area (Å²) in [6.07, 6.45) is 6.54. The van der Waals surface area contributed by atoms with Gasteiger partial charge in [0.1, 0.15) is 0 Å². The number of carbonyl (C=O) groups is 1. The van der Waals surface area contributed by atoms with Crippen molar-refractivity contribution >= 4 is 22.9 Å². The van der Waals surface area contributed by atoms with Crippen molar-refractivity contribution in [3.05, 3.63) is 48.2 Å². The maximum absolute atomic E-state index is 10.2. The van der Waals surface area contributed by atoms with E-state index >= 15 is 0 Å². The molecule has 0 aliphatic rings. The van der Waals surface area contributed by atoms with E-state index in [1.54, 1.807) is 0 Å². The second-order valence-corrected chi connectivity index (χ2v) is 4.45. The smallest absolute Gasteiger partial charge is 0.0709 e. The van der Waals surface area contributed by atoms with Gasteiger partial charge in [-0.3, -0.25) is 0 Å². The Kier molecular flexibility index (Phi) is 4.67. The van der Waals surface area contributed by atoms with Gasteiger partial charge in [-0.1, -0.05) is 30.3 Å². The maximum atomic E-state index is 10.2. The topological polar surface area (TPSA) is 53.0 Å². The standard InChI is InChI=1S/C16H17NO2/c18-16(19)10-4-2-1-3-8-14-12-11-13-7-5-6-9-15(13)17-14/h3,5-9,11-12H,1-2,4,10H2,(H,18,19)/p-1/b8-3+. The molecule has 3 nitrogen and oxygen atoms in total. The first-order valence-electron chi connectivity index (χ1n) is 6.48. The van der Waals surface area contributed by atoms with Crippen molar-refractivity contribution in [3.63, 3.8) is 0 Å². The number of fused-ring (bicyclic) bond motifs is 1. The molecule has 98 valence electrons. The van der Waals surface area contributed by atoms with E-state index in [-0.39, 0.29) is 6.42 Å². The molecule has 0 aliphatic heterocycles. The number of aliphatic carboxylic acids is 1. The van der Waals surface area contributed by atoms with Crippen molar-refractivity contribution in [3.8, 4) is 0 Å². The monoisotopic (exact) mass is 254 g/mol. The Morgan fingerprint density at radius 1 is 1.16 bits per heavy atom. The van der Waals surface area contributed by atoms with Crippen molar-refractivity contribution in [2.45, 2.75) is 25.7 Å². The number of rotatable bonds is 6. The molecule has 19 heavy (non-hydrogen) atoms. The van der Waals surface area contributed by atoms with Gasteiger partial charge in [-0.25, -0.2) is 4.98 Å².